The van der Waals surface area contributed by atoms with Crippen molar-refractivity contribution in [3.8, 4) is 22.5 Å². The van der Waals surface area contributed by atoms with E-state index in [0.717, 1.165) is 0 Å². The van der Waals surface area contributed by atoms with E-state index < -0.39 is 0 Å². The van der Waals surface area contributed by atoms with Crippen LogP contribution in [0.1, 0.15) is 0 Å². The number of para-hydroxylation sites is 4. The largest absolute Gasteiger partial charge is 0.307 e. The van der Waals surface area contributed by atoms with Crippen LogP contribution in [-0.4, -0.2) is 9.13 Å². The molecule has 6 aromatic carbocycles. The Bertz CT molecular complexity index is 2220. The van der Waals surface area contributed by atoms with Crippen molar-refractivity contribution in [2.45, 2.75) is 19.6 Å². The second kappa shape index (κ2) is 7.63. The van der Waals surface area contributed by atoms with Gasteiger partial charge in [0.15, 0.2) is 0 Å². The highest BCUT2D eigenvalue weighted by molar-refractivity contribution is 8.00. The maximum absolute atomic E-state index is 2.46. The standard InChI is InChI=1S/C36H20N2S2/c1-3-11-31-29(9-1)37-27-17-15-21(19-25(27)23-7-5-13-33(39-31)35(23)37)22-16-18-28-26(20-22)24-8-6-14-34-36(24)38(28)30-10-2-4-12-32(30)40-34/h1-20H. The number of benzene rings is 6. The van der Waals surface area contributed by atoms with Gasteiger partial charge in [0, 0.05) is 41.1 Å². The quantitative estimate of drug-likeness (QED) is 0.203. The number of hydrogen-bond acceptors (Lipinski definition) is 2. The summed E-state index contributed by atoms with van der Waals surface area (Å²) >= 11 is 3.75. The minimum absolute atomic E-state index is 1.25. The van der Waals surface area contributed by atoms with E-state index in [1.165, 1.54) is 85.7 Å². The summed E-state index contributed by atoms with van der Waals surface area (Å²) in [5.41, 5.74) is 10.2. The minimum atomic E-state index is 1.25. The fraction of sp³-hybridized carbons (Fsp3) is 0. The Morgan fingerprint density at radius 2 is 0.825 bits per heavy atom. The van der Waals surface area contributed by atoms with Gasteiger partial charge >= 0.3 is 0 Å². The summed E-state index contributed by atoms with van der Waals surface area (Å²) in [6.07, 6.45) is 0. The van der Waals surface area contributed by atoms with Crippen LogP contribution >= 0.6 is 23.5 Å². The SMILES string of the molecule is c1ccc2c(c1)Sc1cccc3c4cc(-c5ccc6c(c5)c5cccc7c5n6-c5ccccc5S7)ccc4n-2c13. The zero-order chi connectivity index (χ0) is 25.9. The van der Waals surface area contributed by atoms with Gasteiger partial charge in [-0.1, -0.05) is 84.2 Å². The van der Waals surface area contributed by atoms with Crippen molar-refractivity contribution in [3.05, 3.63) is 121 Å². The number of fused-ring (bicyclic) bond motifs is 10. The number of aromatic nitrogens is 2. The fourth-order valence-electron chi connectivity index (χ4n) is 6.79. The maximum Gasteiger partial charge on any atom is 0.0681 e. The van der Waals surface area contributed by atoms with Crippen molar-refractivity contribution < 1.29 is 0 Å². The van der Waals surface area contributed by atoms with Gasteiger partial charge in [-0.2, -0.15) is 0 Å². The molecule has 0 bridgehead atoms. The highest BCUT2D eigenvalue weighted by Crippen LogP contribution is 2.49. The summed E-state index contributed by atoms with van der Waals surface area (Å²) in [5, 5.41) is 5.25. The first-order chi connectivity index (χ1) is 19.8. The lowest BCUT2D eigenvalue weighted by Gasteiger charge is -2.19. The first-order valence-electron chi connectivity index (χ1n) is 13.5. The van der Waals surface area contributed by atoms with Crippen molar-refractivity contribution in [2.75, 3.05) is 0 Å². The molecule has 186 valence electrons. The minimum Gasteiger partial charge on any atom is -0.307 e. The predicted molar refractivity (Wildman–Crippen MR) is 169 cm³/mol. The van der Waals surface area contributed by atoms with Crippen LogP contribution in [0.2, 0.25) is 0 Å². The Balaban J connectivity index is 1.23. The van der Waals surface area contributed by atoms with Crippen LogP contribution in [0.25, 0.3) is 66.1 Å². The topological polar surface area (TPSA) is 9.86 Å². The molecule has 2 aliphatic rings. The van der Waals surface area contributed by atoms with E-state index in [2.05, 4.69) is 130 Å². The molecule has 0 atom stereocenters. The molecule has 0 saturated heterocycles. The molecule has 2 aliphatic heterocycles. The zero-order valence-electron chi connectivity index (χ0n) is 21.3. The van der Waals surface area contributed by atoms with Crippen LogP contribution in [0, 0.1) is 0 Å². The van der Waals surface area contributed by atoms with Crippen LogP contribution in [-0.2, 0) is 0 Å². The third-order valence-electron chi connectivity index (χ3n) is 8.49. The average Bonchev–Trinajstić information content (AvgIpc) is 3.52. The maximum atomic E-state index is 2.46. The molecular formula is C36H20N2S2. The van der Waals surface area contributed by atoms with Crippen molar-refractivity contribution in [3.63, 3.8) is 0 Å². The highest BCUT2D eigenvalue weighted by atomic mass is 32.2. The van der Waals surface area contributed by atoms with Crippen molar-refractivity contribution >= 4 is 67.1 Å². The van der Waals surface area contributed by atoms with Crippen LogP contribution in [0.5, 0.6) is 0 Å². The second-order valence-electron chi connectivity index (χ2n) is 10.6. The molecular weight excluding hydrogens is 525 g/mol. The molecule has 0 fully saturated rings. The van der Waals surface area contributed by atoms with E-state index in [1.807, 2.05) is 23.5 Å². The molecule has 0 N–H and O–H groups in total. The summed E-state index contributed by atoms with van der Waals surface area (Å²) < 4.78 is 4.91. The Hall–Kier alpha value is -4.38. The molecule has 0 spiro atoms. The summed E-state index contributed by atoms with van der Waals surface area (Å²) in [6.45, 7) is 0. The van der Waals surface area contributed by atoms with E-state index in [1.54, 1.807) is 0 Å². The third kappa shape index (κ3) is 2.68. The van der Waals surface area contributed by atoms with Crippen LogP contribution < -0.4 is 0 Å². The smallest absolute Gasteiger partial charge is 0.0681 e. The molecule has 8 aromatic rings. The van der Waals surface area contributed by atoms with E-state index in [9.17, 15) is 0 Å². The number of rotatable bonds is 1. The number of nitrogens with zero attached hydrogens (tertiary/aromatic N) is 2. The Morgan fingerprint density at radius 1 is 0.375 bits per heavy atom. The van der Waals surface area contributed by atoms with E-state index in [0.29, 0.717) is 0 Å². The summed E-state index contributed by atoms with van der Waals surface area (Å²) in [4.78, 5) is 5.26. The molecule has 10 rings (SSSR count). The van der Waals surface area contributed by atoms with Crippen molar-refractivity contribution in [1.29, 1.82) is 0 Å². The van der Waals surface area contributed by atoms with Crippen LogP contribution in [0.4, 0.5) is 0 Å². The fourth-order valence-corrected chi connectivity index (χ4v) is 8.98. The average molecular weight is 545 g/mol. The Kier molecular flexibility index (Phi) is 4.09. The summed E-state index contributed by atoms with van der Waals surface area (Å²) in [5.74, 6) is 0. The Labute approximate surface area is 238 Å². The lowest BCUT2D eigenvalue weighted by Crippen LogP contribution is -2.01. The first-order valence-corrected chi connectivity index (χ1v) is 15.2. The normalized spacial score (nSPS) is 13.3. The van der Waals surface area contributed by atoms with Gasteiger partial charge in [0.2, 0.25) is 0 Å². The summed E-state index contributed by atoms with van der Waals surface area (Å²) in [6, 6.07) is 45.0. The second-order valence-corrected chi connectivity index (χ2v) is 12.7. The lowest BCUT2D eigenvalue weighted by atomic mass is 10.0. The van der Waals surface area contributed by atoms with Crippen molar-refractivity contribution in [1.82, 2.24) is 9.13 Å². The zero-order valence-corrected chi connectivity index (χ0v) is 22.9. The van der Waals surface area contributed by atoms with E-state index in [-0.39, 0.29) is 0 Å². The lowest BCUT2D eigenvalue weighted by molar-refractivity contribution is 1.09. The molecule has 40 heavy (non-hydrogen) atoms. The van der Waals surface area contributed by atoms with Gasteiger partial charge in [-0.3, -0.25) is 0 Å². The molecule has 4 heterocycles. The third-order valence-corrected chi connectivity index (χ3v) is 10.7. The van der Waals surface area contributed by atoms with Gasteiger partial charge in [-0.05, 0) is 71.8 Å². The van der Waals surface area contributed by atoms with Crippen molar-refractivity contribution in [2.24, 2.45) is 0 Å². The molecule has 0 unspecified atom stereocenters. The van der Waals surface area contributed by atoms with E-state index >= 15 is 0 Å². The molecule has 0 radical (unpaired) electrons. The van der Waals surface area contributed by atoms with Gasteiger partial charge in [0.1, 0.15) is 0 Å². The van der Waals surface area contributed by atoms with Crippen LogP contribution in [0.15, 0.2) is 141 Å². The van der Waals surface area contributed by atoms with Crippen LogP contribution in [0.3, 0.4) is 0 Å². The molecule has 0 aliphatic carbocycles. The monoisotopic (exact) mass is 544 g/mol. The van der Waals surface area contributed by atoms with Gasteiger partial charge in [0.25, 0.3) is 0 Å². The van der Waals surface area contributed by atoms with Gasteiger partial charge < -0.3 is 9.13 Å². The Morgan fingerprint density at radius 3 is 1.32 bits per heavy atom. The number of hydrogen-bond donors (Lipinski definition) is 0. The molecule has 2 aromatic heterocycles. The molecule has 0 saturated carbocycles. The van der Waals surface area contributed by atoms with Gasteiger partial charge in [-0.25, -0.2) is 0 Å². The molecule has 0 amide bonds. The van der Waals surface area contributed by atoms with Gasteiger partial charge in [0.05, 0.1) is 33.4 Å². The first kappa shape index (κ1) is 21.4. The highest BCUT2D eigenvalue weighted by Gasteiger charge is 2.24. The molecule has 2 nitrogen and oxygen atoms in total. The summed E-state index contributed by atoms with van der Waals surface area (Å²) in [7, 11) is 0. The van der Waals surface area contributed by atoms with E-state index in [4.69, 9.17) is 0 Å². The molecule has 4 heteroatoms. The predicted octanol–water partition coefficient (Wildman–Crippen LogP) is 10.5. The van der Waals surface area contributed by atoms with Gasteiger partial charge in [-0.15, -0.1) is 0 Å².